The van der Waals surface area contributed by atoms with E-state index in [0.29, 0.717) is 30.2 Å². The summed E-state index contributed by atoms with van der Waals surface area (Å²) in [5, 5.41) is 0. The van der Waals surface area contributed by atoms with Crippen molar-refractivity contribution in [3.05, 3.63) is 12.7 Å². The molecule has 9 heteroatoms. The summed E-state index contributed by atoms with van der Waals surface area (Å²) in [5.74, 6) is 0.341. The van der Waals surface area contributed by atoms with Gasteiger partial charge in [0, 0.05) is 20.8 Å². The van der Waals surface area contributed by atoms with Gasteiger partial charge in [-0.05, 0) is 19.3 Å². The first-order valence-electron chi connectivity index (χ1n) is 8.44. The van der Waals surface area contributed by atoms with Gasteiger partial charge in [0.1, 0.15) is 29.7 Å². The van der Waals surface area contributed by atoms with Crippen molar-refractivity contribution < 1.29 is 18.9 Å². The van der Waals surface area contributed by atoms with Crippen LogP contribution in [-0.4, -0.2) is 64.8 Å². The van der Waals surface area contributed by atoms with Crippen LogP contribution in [-0.2, 0) is 18.9 Å². The fourth-order valence-corrected chi connectivity index (χ4v) is 3.95. The lowest BCUT2D eigenvalue weighted by atomic mass is 9.91. The smallest absolute Gasteiger partial charge is 0.167 e. The summed E-state index contributed by atoms with van der Waals surface area (Å²) in [6, 6.07) is 0. The van der Waals surface area contributed by atoms with E-state index in [-0.39, 0.29) is 12.2 Å². The third-order valence-electron chi connectivity index (χ3n) is 5.07. The van der Waals surface area contributed by atoms with Crippen LogP contribution in [0.1, 0.15) is 25.5 Å². The van der Waals surface area contributed by atoms with E-state index in [2.05, 4.69) is 15.0 Å². The second-order valence-corrected chi connectivity index (χ2v) is 6.54. The highest BCUT2D eigenvalue weighted by molar-refractivity contribution is 5.81. The van der Waals surface area contributed by atoms with Crippen LogP contribution in [0.3, 0.4) is 0 Å². The zero-order valence-electron chi connectivity index (χ0n) is 14.4. The lowest BCUT2D eigenvalue weighted by molar-refractivity contribution is -0.141. The van der Waals surface area contributed by atoms with Gasteiger partial charge in [-0.15, -0.1) is 0 Å². The number of nitrogens with zero attached hydrogens (tertiary/aromatic N) is 4. The van der Waals surface area contributed by atoms with Crippen LogP contribution in [0.5, 0.6) is 0 Å². The third-order valence-corrected chi connectivity index (χ3v) is 5.07. The molecule has 4 atom stereocenters. The standard InChI is InChI=1S/C16H23N5O4/c1-22-7-16-5-3-4-6-24-12(16)11(23-2)15(25-16)21-9-20-10-13(17)18-8-19-14(10)21/h8-9,11-12,15H,3-7H2,1-2H3,(H2,17,18,19)/t11?,12?,15-,16-/m1/s1. The Kier molecular flexibility index (Phi) is 4.32. The lowest BCUT2D eigenvalue weighted by Gasteiger charge is -2.32. The topological polar surface area (TPSA) is 107 Å². The summed E-state index contributed by atoms with van der Waals surface area (Å²) < 4.78 is 25.8. The molecule has 0 radical (unpaired) electrons. The summed E-state index contributed by atoms with van der Waals surface area (Å²) in [7, 11) is 3.34. The second kappa shape index (κ2) is 6.49. The maximum absolute atomic E-state index is 6.52. The van der Waals surface area contributed by atoms with Crippen LogP contribution in [0.2, 0.25) is 0 Å². The predicted octanol–water partition coefficient (Wildman–Crippen LogP) is 0.907. The summed E-state index contributed by atoms with van der Waals surface area (Å²) in [4.78, 5) is 12.7. The number of nitrogens with two attached hydrogens (primary N) is 1. The molecule has 2 aliphatic heterocycles. The van der Waals surface area contributed by atoms with Crippen LogP contribution in [0.15, 0.2) is 12.7 Å². The first-order valence-corrected chi connectivity index (χ1v) is 8.44. The molecule has 2 aliphatic rings. The highest BCUT2D eigenvalue weighted by atomic mass is 16.6. The Bertz CT molecular complexity index is 753. The molecule has 2 fully saturated rings. The Hall–Kier alpha value is -1.81. The fraction of sp³-hybridized carbons (Fsp3) is 0.688. The van der Waals surface area contributed by atoms with Gasteiger partial charge in [-0.25, -0.2) is 15.0 Å². The molecule has 0 bridgehead atoms. The molecule has 2 aromatic rings. The number of ether oxygens (including phenoxy) is 4. The molecular formula is C16H23N5O4. The van der Waals surface area contributed by atoms with Gasteiger partial charge < -0.3 is 24.7 Å². The van der Waals surface area contributed by atoms with Crippen LogP contribution >= 0.6 is 0 Å². The van der Waals surface area contributed by atoms with Crippen molar-refractivity contribution in [1.29, 1.82) is 0 Å². The largest absolute Gasteiger partial charge is 0.382 e. The average molecular weight is 349 g/mol. The number of nitrogen functional groups attached to an aromatic ring is 1. The van der Waals surface area contributed by atoms with Gasteiger partial charge in [0.15, 0.2) is 17.7 Å². The highest BCUT2D eigenvalue weighted by Crippen LogP contribution is 2.45. The molecule has 9 nitrogen and oxygen atoms in total. The van der Waals surface area contributed by atoms with E-state index in [0.717, 1.165) is 19.3 Å². The molecule has 25 heavy (non-hydrogen) atoms. The normalized spacial score (nSPS) is 32.6. The van der Waals surface area contributed by atoms with Gasteiger partial charge in [-0.2, -0.15) is 0 Å². The highest BCUT2D eigenvalue weighted by Gasteiger charge is 2.57. The molecule has 0 amide bonds. The minimum atomic E-state index is -0.550. The van der Waals surface area contributed by atoms with Crippen molar-refractivity contribution in [3.8, 4) is 0 Å². The first-order chi connectivity index (χ1) is 12.2. The Morgan fingerprint density at radius 1 is 1.32 bits per heavy atom. The summed E-state index contributed by atoms with van der Waals surface area (Å²) in [6.45, 7) is 1.13. The maximum atomic E-state index is 6.52. The molecule has 136 valence electrons. The van der Waals surface area contributed by atoms with Gasteiger partial charge in [-0.1, -0.05) is 0 Å². The van der Waals surface area contributed by atoms with Crippen LogP contribution in [0.4, 0.5) is 5.82 Å². The molecule has 2 unspecified atom stereocenters. The summed E-state index contributed by atoms with van der Waals surface area (Å²) >= 11 is 0. The average Bonchev–Trinajstić information content (AvgIpc) is 3.09. The van der Waals surface area contributed by atoms with Crippen molar-refractivity contribution in [2.45, 2.75) is 43.3 Å². The number of hydrogen-bond acceptors (Lipinski definition) is 8. The van der Waals surface area contributed by atoms with Gasteiger partial charge in [0.05, 0.1) is 12.9 Å². The molecule has 0 aliphatic carbocycles. The van der Waals surface area contributed by atoms with E-state index >= 15 is 0 Å². The maximum Gasteiger partial charge on any atom is 0.167 e. The van der Waals surface area contributed by atoms with Crippen LogP contribution < -0.4 is 5.73 Å². The Morgan fingerprint density at radius 3 is 3.00 bits per heavy atom. The number of imidazole rings is 1. The molecule has 4 heterocycles. The number of methoxy groups -OCH3 is 2. The second-order valence-electron chi connectivity index (χ2n) is 6.54. The first kappa shape index (κ1) is 16.6. The molecule has 0 saturated carbocycles. The predicted molar refractivity (Wildman–Crippen MR) is 88.9 cm³/mol. The number of hydrogen-bond donors (Lipinski definition) is 1. The van der Waals surface area contributed by atoms with Gasteiger partial charge in [0.2, 0.25) is 0 Å². The SMILES string of the molecule is COC[C@]12CCCCOC1C(OC)[C@H](n1cnc3c(N)ncnc31)O2. The number of anilines is 1. The Labute approximate surface area is 145 Å². The van der Waals surface area contributed by atoms with E-state index in [1.165, 1.54) is 6.33 Å². The zero-order valence-corrected chi connectivity index (χ0v) is 14.4. The van der Waals surface area contributed by atoms with Gasteiger partial charge in [-0.3, -0.25) is 4.57 Å². The van der Waals surface area contributed by atoms with Gasteiger partial charge >= 0.3 is 0 Å². The van der Waals surface area contributed by atoms with Crippen molar-refractivity contribution in [2.75, 3.05) is 33.2 Å². The number of aromatic nitrogens is 4. The van der Waals surface area contributed by atoms with Crippen LogP contribution in [0.25, 0.3) is 11.2 Å². The Balaban J connectivity index is 1.77. The molecule has 2 saturated heterocycles. The molecule has 0 spiro atoms. The number of rotatable bonds is 4. The monoisotopic (exact) mass is 349 g/mol. The fourth-order valence-electron chi connectivity index (χ4n) is 3.95. The van der Waals surface area contributed by atoms with E-state index in [1.807, 2.05) is 4.57 Å². The minimum absolute atomic E-state index is 0.221. The lowest BCUT2D eigenvalue weighted by Crippen LogP contribution is -2.47. The molecule has 2 N–H and O–H groups in total. The minimum Gasteiger partial charge on any atom is -0.382 e. The zero-order chi connectivity index (χ0) is 17.4. The van der Waals surface area contributed by atoms with Crippen molar-refractivity contribution in [1.82, 2.24) is 19.5 Å². The van der Waals surface area contributed by atoms with E-state index in [4.69, 9.17) is 24.7 Å². The quantitative estimate of drug-likeness (QED) is 0.868. The van der Waals surface area contributed by atoms with E-state index in [9.17, 15) is 0 Å². The molecule has 0 aromatic carbocycles. The van der Waals surface area contributed by atoms with E-state index in [1.54, 1.807) is 20.5 Å². The third kappa shape index (κ3) is 2.58. The molecular weight excluding hydrogens is 326 g/mol. The number of fused-ring (bicyclic) bond motifs is 2. The summed E-state index contributed by atoms with van der Waals surface area (Å²) in [6.07, 6.45) is 5.01. The summed E-state index contributed by atoms with van der Waals surface area (Å²) in [5.41, 5.74) is 6.52. The van der Waals surface area contributed by atoms with Crippen molar-refractivity contribution in [2.24, 2.45) is 0 Å². The Morgan fingerprint density at radius 2 is 2.20 bits per heavy atom. The van der Waals surface area contributed by atoms with Crippen molar-refractivity contribution >= 4 is 17.0 Å². The van der Waals surface area contributed by atoms with Crippen LogP contribution in [0, 0.1) is 0 Å². The van der Waals surface area contributed by atoms with Gasteiger partial charge in [0.25, 0.3) is 0 Å². The van der Waals surface area contributed by atoms with E-state index < -0.39 is 11.8 Å². The van der Waals surface area contributed by atoms with Crippen molar-refractivity contribution in [3.63, 3.8) is 0 Å². The molecule has 4 rings (SSSR count). The molecule has 2 aromatic heterocycles.